The molecule has 2 aromatic rings. The lowest BCUT2D eigenvalue weighted by Gasteiger charge is -2.27. The lowest BCUT2D eigenvalue weighted by atomic mass is 10.1. The summed E-state index contributed by atoms with van der Waals surface area (Å²) in [4.78, 5) is 19.3. The Kier molecular flexibility index (Phi) is 5.60. The lowest BCUT2D eigenvalue weighted by Crippen LogP contribution is -2.35. The largest absolute Gasteiger partial charge is 0.379 e. The Morgan fingerprint density at radius 3 is 2.79 bits per heavy atom. The standard InChI is InChI=1S/C18H23N3O2S/c1-13(2)16-12-24-18(20-16)17(22)19-15-6-4-3-5-14(15)11-21-7-9-23-10-8-21/h3-6,12-13H,7-11H2,1-2H3,(H,19,22). The molecule has 5 nitrogen and oxygen atoms in total. The molecule has 6 heteroatoms. The topological polar surface area (TPSA) is 54.5 Å². The molecule has 1 saturated heterocycles. The Bertz CT molecular complexity index is 693. The number of morpholine rings is 1. The minimum Gasteiger partial charge on any atom is -0.379 e. The monoisotopic (exact) mass is 345 g/mol. The average Bonchev–Trinajstić information content (AvgIpc) is 3.08. The van der Waals surface area contributed by atoms with Crippen LogP contribution in [-0.2, 0) is 11.3 Å². The first kappa shape index (κ1) is 17.1. The van der Waals surface area contributed by atoms with Crippen LogP contribution in [0.3, 0.4) is 0 Å². The molecule has 1 aliphatic heterocycles. The molecule has 0 unspecified atom stereocenters. The molecule has 0 bridgehead atoms. The number of rotatable bonds is 5. The van der Waals surface area contributed by atoms with Crippen molar-refractivity contribution in [3.8, 4) is 0 Å². The maximum absolute atomic E-state index is 12.5. The number of hydrogen-bond donors (Lipinski definition) is 1. The van der Waals surface area contributed by atoms with Gasteiger partial charge in [0, 0.05) is 30.7 Å². The summed E-state index contributed by atoms with van der Waals surface area (Å²) in [5.41, 5.74) is 2.94. The summed E-state index contributed by atoms with van der Waals surface area (Å²) in [5, 5.41) is 5.49. The summed E-state index contributed by atoms with van der Waals surface area (Å²) in [6.07, 6.45) is 0. The van der Waals surface area contributed by atoms with Crippen molar-refractivity contribution in [1.82, 2.24) is 9.88 Å². The van der Waals surface area contributed by atoms with Gasteiger partial charge >= 0.3 is 0 Å². The highest BCUT2D eigenvalue weighted by molar-refractivity contribution is 7.11. The van der Waals surface area contributed by atoms with Gasteiger partial charge < -0.3 is 10.1 Å². The number of hydrogen-bond acceptors (Lipinski definition) is 5. The zero-order valence-electron chi connectivity index (χ0n) is 14.1. The smallest absolute Gasteiger partial charge is 0.284 e. The highest BCUT2D eigenvalue weighted by Crippen LogP contribution is 2.21. The number of thiazole rings is 1. The van der Waals surface area contributed by atoms with Crippen LogP contribution in [0, 0.1) is 0 Å². The number of carbonyl (C=O) groups is 1. The molecule has 1 aromatic carbocycles. The van der Waals surface area contributed by atoms with Gasteiger partial charge in [-0.15, -0.1) is 11.3 Å². The van der Waals surface area contributed by atoms with Crippen LogP contribution >= 0.6 is 11.3 Å². The van der Waals surface area contributed by atoms with Crippen LogP contribution in [-0.4, -0.2) is 42.1 Å². The minimum atomic E-state index is -0.138. The van der Waals surface area contributed by atoms with Crippen LogP contribution in [0.5, 0.6) is 0 Å². The summed E-state index contributed by atoms with van der Waals surface area (Å²) in [6.45, 7) is 8.36. The Balaban J connectivity index is 1.70. The molecule has 0 saturated carbocycles. The zero-order valence-corrected chi connectivity index (χ0v) is 14.9. The van der Waals surface area contributed by atoms with Crippen molar-refractivity contribution in [2.75, 3.05) is 31.6 Å². The molecule has 3 rings (SSSR count). The van der Waals surface area contributed by atoms with E-state index in [4.69, 9.17) is 4.74 Å². The normalized spacial score (nSPS) is 15.6. The van der Waals surface area contributed by atoms with Crippen molar-refractivity contribution in [1.29, 1.82) is 0 Å². The number of anilines is 1. The fourth-order valence-corrected chi connectivity index (χ4v) is 3.49. The zero-order chi connectivity index (χ0) is 16.9. The first-order valence-corrected chi connectivity index (χ1v) is 9.16. The van der Waals surface area contributed by atoms with Gasteiger partial charge in [-0.05, 0) is 17.5 Å². The van der Waals surface area contributed by atoms with Gasteiger partial charge in [0.05, 0.1) is 18.9 Å². The number of ether oxygens (including phenoxy) is 1. The van der Waals surface area contributed by atoms with Crippen LogP contribution in [0.1, 0.15) is 40.8 Å². The molecular weight excluding hydrogens is 322 g/mol. The first-order chi connectivity index (χ1) is 11.6. The SMILES string of the molecule is CC(C)c1csc(C(=O)Nc2ccccc2CN2CCOCC2)n1. The molecule has 0 radical (unpaired) electrons. The van der Waals surface area contributed by atoms with Crippen molar-refractivity contribution < 1.29 is 9.53 Å². The molecule has 1 aliphatic rings. The summed E-state index contributed by atoms with van der Waals surface area (Å²) < 4.78 is 5.39. The molecule has 128 valence electrons. The minimum absolute atomic E-state index is 0.138. The molecule has 1 fully saturated rings. The fraction of sp³-hybridized carbons (Fsp3) is 0.444. The van der Waals surface area contributed by atoms with Gasteiger partial charge in [-0.25, -0.2) is 4.98 Å². The second kappa shape index (κ2) is 7.88. The molecule has 1 N–H and O–H groups in total. The highest BCUT2D eigenvalue weighted by Gasteiger charge is 2.16. The Morgan fingerprint density at radius 1 is 1.33 bits per heavy atom. The quantitative estimate of drug-likeness (QED) is 0.903. The third kappa shape index (κ3) is 4.20. The van der Waals surface area contributed by atoms with E-state index < -0.39 is 0 Å². The number of nitrogens with one attached hydrogen (secondary N) is 1. The molecule has 24 heavy (non-hydrogen) atoms. The number of amides is 1. The molecule has 0 atom stereocenters. The van der Waals surface area contributed by atoms with Crippen molar-refractivity contribution in [3.05, 3.63) is 45.9 Å². The first-order valence-electron chi connectivity index (χ1n) is 8.28. The van der Waals surface area contributed by atoms with Crippen LogP contribution < -0.4 is 5.32 Å². The predicted octanol–water partition coefficient (Wildman–Crippen LogP) is 3.35. The van der Waals surface area contributed by atoms with Gasteiger partial charge in [0.25, 0.3) is 5.91 Å². The Labute approximate surface area is 146 Å². The summed E-state index contributed by atoms with van der Waals surface area (Å²) in [6, 6.07) is 7.96. The van der Waals surface area contributed by atoms with Crippen molar-refractivity contribution in [2.24, 2.45) is 0 Å². The van der Waals surface area contributed by atoms with E-state index in [1.54, 1.807) is 0 Å². The third-order valence-corrected chi connectivity index (χ3v) is 4.93. The molecule has 0 aliphatic carbocycles. The van der Waals surface area contributed by atoms with E-state index in [9.17, 15) is 4.79 Å². The van der Waals surface area contributed by atoms with Gasteiger partial charge in [-0.2, -0.15) is 0 Å². The van der Waals surface area contributed by atoms with Crippen LogP contribution in [0.2, 0.25) is 0 Å². The van der Waals surface area contributed by atoms with Gasteiger partial charge in [0.15, 0.2) is 5.01 Å². The predicted molar refractivity (Wildman–Crippen MR) is 96.7 cm³/mol. The lowest BCUT2D eigenvalue weighted by molar-refractivity contribution is 0.0342. The maximum Gasteiger partial charge on any atom is 0.284 e. The van der Waals surface area contributed by atoms with Gasteiger partial charge in [-0.3, -0.25) is 9.69 Å². The number of benzene rings is 1. The third-order valence-electron chi connectivity index (χ3n) is 4.07. The second-order valence-electron chi connectivity index (χ2n) is 6.23. The average molecular weight is 345 g/mol. The van der Waals surface area contributed by atoms with Crippen LogP contribution in [0.4, 0.5) is 5.69 Å². The molecule has 1 amide bonds. The molecule has 0 spiro atoms. The number of carbonyl (C=O) groups excluding carboxylic acids is 1. The summed E-state index contributed by atoms with van der Waals surface area (Å²) in [7, 11) is 0. The van der Waals surface area contributed by atoms with E-state index in [1.165, 1.54) is 11.3 Å². The van der Waals surface area contributed by atoms with E-state index >= 15 is 0 Å². The maximum atomic E-state index is 12.5. The fourth-order valence-electron chi connectivity index (χ4n) is 2.61. The van der Waals surface area contributed by atoms with Crippen molar-refractivity contribution in [2.45, 2.75) is 26.3 Å². The van der Waals surface area contributed by atoms with Crippen LogP contribution in [0.15, 0.2) is 29.6 Å². The second-order valence-corrected chi connectivity index (χ2v) is 7.09. The van der Waals surface area contributed by atoms with Crippen molar-refractivity contribution >= 4 is 22.9 Å². The number of nitrogens with zero attached hydrogens (tertiary/aromatic N) is 2. The molecule has 1 aromatic heterocycles. The number of aromatic nitrogens is 1. The van der Waals surface area contributed by atoms with E-state index in [1.807, 2.05) is 23.6 Å². The van der Waals surface area contributed by atoms with Crippen LogP contribution in [0.25, 0.3) is 0 Å². The van der Waals surface area contributed by atoms with Gasteiger partial charge in [-0.1, -0.05) is 32.0 Å². The Morgan fingerprint density at radius 2 is 2.08 bits per heavy atom. The Hall–Kier alpha value is -1.76. The van der Waals surface area contributed by atoms with E-state index in [-0.39, 0.29) is 5.91 Å². The van der Waals surface area contributed by atoms with E-state index in [0.717, 1.165) is 49.8 Å². The van der Waals surface area contributed by atoms with Crippen molar-refractivity contribution in [3.63, 3.8) is 0 Å². The number of para-hydroxylation sites is 1. The summed E-state index contributed by atoms with van der Waals surface area (Å²) >= 11 is 1.40. The van der Waals surface area contributed by atoms with E-state index in [0.29, 0.717) is 10.9 Å². The highest BCUT2D eigenvalue weighted by atomic mass is 32.1. The van der Waals surface area contributed by atoms with Gasteiger partial charge in [0.2, 0.25) is 0 Å². The summed E-state index contributed by atoms with van der Waals surface area (Å²) in [5.74, 6) is 0.192. The van der Waals surface area contributed by atoms with Gasteiger partial charge in [0.1, 0.15) is 0 Å². The van der Waals surface area contributed by atoms with E-state index in [2.05, 4.69) is 35.1 Å². The molecular formula is C18H23N3O2S. The molecule has 2 heterocycles.